The maximum absolute atomic E-state index is 14.3. The Balaban J connectivity index is 1.35. The van der Waals surface area contributed by atoms with Gasteiger partial charge in [-0.25, -0.2) is 4.39 Å². The number of rotatable bonds is 9. The molecule has 3 aromatic carbocycles. The van der Waals surface area contributed by atoms with E-state index in [2.05, 4.69) is 11.1 Å². The van der Waals surface area contributed by atoms with Crippen LogP contribution < -0.4 is 0 Å². The lowest BCUT2D eigenvalue weighted by atomic mass is 10.1. The Morgan fingerprint density at radius 2 is 1.63 bits per heavy atom. The third-order valence-corrected chi connectivity index (χ3v) is 6.55. The summed E-state index contributed by atoms with van der Waals surface area (Å²) >= 11 is 0. The van der Waals surface area contributed by atoms with Crippen LogP contribution >= 0.6 is 0 Å². The molecule has 1 aliphatic carbocycles. The average molecular weight is 470 g/mol. The standard InChI is InChI=1S/C29H28FN3O2/c30-26-12-6-4-11-25(26)29(35)33(23-14-15-23)20-28(34)32(19-21-8-2-1-3-9-21)17-16-22-18-31-27-13-7-5-10-24(22)27/h1-13,18,23,31H,14-17,19-20H2. The highest BCUT2D eigenvalue weighted by atomic mass is 19.1. The van der Waals surface area contributed by atoms with E-state index in [4.69, 9.17) is 0 Å². The number of hydrogen-bond acceptors (Lipinski definition) is 2. The lowest BCUT2D eigenvalue weighted by molar-refractivity contribution is -0.132. The van der Waals surface area contributed by atoms with E-state index in [1.165, 1.54) is 12.1 Å². The predicted molar refractivity (Wildman–Crippen MR) is 134 cm³/mol. The molecule has 6 heteroatoms. The van der Waals surface area contributed by atoms with Crippen LogP contribution in [0.15, 0.2) is 85.1 Å². The molecule has 0 aliphatic heterocycles. The first kappa shape index (κ1) is 22.8. The minimum atomic E-state index is -0.559. The summed E-state index contributed by atoms with van der Waals surface area (Å²) in [5.41, 5.74) is 3.26. The van der Waals surface area contributed by atoms with Gasteiger partial charge in [0.2, 0.25) is 5.91 Å². The van der Waals surface area contributed by atoms with Crippen LogP contribution in [0.5, 0.6) is 0 Å². The maximum Gasteiger partial charge on any atom is 0.257 e. The van der Waals surface area contributed by atoms with Crippen molar-refractivity contribution in [3.05, 3.63) is 108 Å². The Morgan fingerprint density at radius 1 is 0.914 bits per heavy atom. The predicted octanol–water partition coefficient (Wildman–Crippen LogP) is 5.18. The molecule has 0 spiro atoms. The second-order valence-electron chi connectivity index (χ2n) is 9.05. The summed E-state index contributed by atoms with van der Waals surface area (Å²) in [6, 6.07) is 23.9. The van der Waals surface area contributed by atoms with Crippen molar-refractivity contribution >= 4 is 22.7 Å². The first-order valence-electron chi connectivity index (χ1n) is 12.0. The van der Waals surface area contributed by atoms with Crippen molar-refractivity contribution < 1.29 is 14.0 Å². The summed E-state index contributed by atoms with van der Waals surface area (Å²) in [4.78, 5) is 33.4. The zero-order valence-electron chi connectivity index (χ0n) is 19.5. The first-order chi connectivity index (χ1) is 17.1. The number of carbonyl (C=O) groups is 2. The molecule has 1 saturated carbocycles. The smallest absolute Gasteiger partial charge is 0.257 e. The molecule has 0 bridgehead atoms. The quantitative estimate of drug-likeness (QED) is 0.367. The second-order valence-corrected chi connectivity index (χ2v) is 9.05. The number of aromatic nitrogens is 1. The van der Waals surface area contributed by atoms with Crippen molar-refractivity contribution in [1.29, 1.82) is 0 Å². The molecule has 5 rings (SSSR count). The molecule has 0 saturated heterocycles. The third kappa shape index (κ3) is 5.27. The van der Waals surface area contributed by atoms with Crippen LogP contribution in [0.1, 0.15) is 34.3 Å². The molecule has 0 atom stereocenters. The third-order valence-electron chi connectivity index (χ3n) is 6.55. The highest BCUT2D eigenvalue weighted by molar-refractivity contribution is 5.97. The Kier molecular flexibility index (Phi) is 6.62. The van der Waals surface area contributed by atoms with E-state index in [9.17, 15) is 14.0 Å². The Labute approximate surface area is 204 Å². The van der Waals surface area contributed by atoms with Crippen molar-refractivity contribution in [2.45, 2.75) is 31.8 Å². The highest BCUT2D eigenvalue weighted by Crippen LogP contribution is 2.29. The summed E-state index contributed by atoms with van der Waals surface area (Å²) in [6.07, 6.45) is 4.35. The van der Waals surface area contributed by atoms with Gasteiger partial charge in [-0.2, -0.15) is 0 Å². The topological polar surface area (TPSA) is 56.4 Å². The number of para-hydroxylation sites is 1. The fourth-order valence-corrected chi connectivity index (χ4v) is 4.48. The average Bonchev–Trinajstić information content (AvgIpc) is 3.65. The highest BCUT2D eigenvalue weighted by Gasteiger charge is 2.36. The minimum absolute atomic E-state index is 0.0144. The Hall–Kier alpha value is -3.93. The van der Waals surface area contributed by atoms with Gasteiger partial charge in [0.25, 0.3) is 5.91 Å². The molecule has 2 amide bonds. The molecule has 1 aromatic heterocycles. The number of aromatic amines is 1. The molecule has 1 fully saturated rings. The van der Waals surface area contributed by atoms with E-state index in [0.29, 0.717) is 19.5 Å². The summed E-state index contributed by atoms with van der Waals surface area (Å²) in [5, 5.41) is 1.15. The number of H-pyrrole nitrogens is 1. The molecule has 1 N–H and O–H groups in total. The van der Waals surface area contributed by atoms with Crippen LogP contribution in [0.4, 0.5) is 4.39 Å². The summed E-state index contributed by atoms with van der Waals surface area (Å²) in [6.45, 7) is 0.912. The molecule has 35 heavy (non-hydrogen) atoms. The zero-order chi connectivity index (χ0) is 24.2. The molecule has 0 unspecified atom stereocenters. The van der Waals surface area contributed by atoms with Gasteiger partial charge in [-0.1, -0.05) is 60.7 Å². The normalized spacial score (nSPS) is 13.1. The van der Waals surface area contributed by atoms with Gasteiger partial charge in [-0.15, -0.1) is 0 Å². The van der Waals surface area contributed by atoms with Gasteiger partial charge in [0, 0.05) is 36.2 Å². The summed E-state index contributed by atoms with van der Waals surface area (Å²) < 4.78 is 14.3. The second kappa shape index (κ2) is 10.1. The van der Waals surface area contributed by atoms with Gasteiger partial charge in [0.15, 0.2) is 0 Å². The Bertz CT molecular complexity index is 1330. The van der Waals surface area contributed by atoms with Crippen LogP contribution in [0.25, 0.3) is 10.9 Å². The van der Waals surface area contributed by atoms with E-state index in [1.807, 2.05) is 54.7 Å². The van der Waals surface area contributed by atoms with Gasteiger partial charge in [-0.3, -0.25) is 9.59 Å². The van der Waals surface area contributed by atoms with Crippen LogP contribution in [0.2, 0.25) is 0 Å². The van der Waals surface area contributed by atoms with Gasteiger partial charge in [0.05, 0.1) is 5.56 Å². The number of nitrogens with zero attached hydrogens (tertiary/aromatic N) is 2. The lowest BCUT2D eigenvalue weighted by Gasteiger charge is -2.28. The SMILES string of the molecule is O=C(CN(C(=O)c1ccccc1F)C1CC1)N(CCc1c[nH]c2ccccc12)Cc1ccccc1. The zero-order valence-corrected chi connectivity index (χ0v) is 19.5. The molecule has 0 radical (unpaired) electrons. The molecule has 4 aromatic rings. The van der Waals surface area contributed by atoms with E-state index in [0.717, 1.165) is 34.9 Å². The summed E-state index contributed by atoms with van der Waals surface area (Å²) in [5.74, 6) is -1.11. The van der Waals surface area contributed by atoms with Crippen LogP contribution in [-0.2, 0) is 17.8 Å². The van der Waals surface area contributed by atoms with Crippen LogP contribution in [-0.4, -0.2) is 45.7 Å². The molecule has 5 nitrogen and oxygen atoms in total. The van der Waals surface area contributed by atoms with Gasteiger partial charge < -0.3 is 14.8 Å². The van der Waals surface area contributed by atoms with E-state index >= 15 is 0 Å². The molecule has 178 valence electrons. The molecular formula is C29H28FN3O2. The van der Waals surface area contributed by atoms with Crippen molar-refractivity contribution in [2.75, 3.05) is 13.1 Å². The lowest BCUT2D eigenvalue weighted by Crippen LogP contribution is -2.44. The van der Waals surface area contributed by atoms with Crippen molar-refractivity contribution in [3.63, 3.8) is 0 Å². The van der Waals surface area contributed by atoms with Crippen LogP contribution in [0.3, 0.4) is 0 Å². The number of carbonyl (C=O) groups excluding carboxylic acids is 2. The van der Waals surface area contributed by atoms with E-state index in [1.54, 1.807) is 21.9 Å². The van der Waals surface area contributed by atoms with Gasteiger partial charge in [0.1, 0.15) is 12.4 Å². The molecular weight excluding hydrogens is 441 g/mol. The fraction of sp³-hybridized carbons (Fsp3) is 0.241. The maximum atomic E-state index is 14.3. The Morgan fingerprint density at radius 3 is 2.40 bits per heavy atom. The number of fused-ring (bicyclic) bond motifs is 1. The number of nitrogens with one attached hydrogen (secondary N) is 1. The molecule has 1 aliphatic rings. The molecule has 1 heterocycles. The van der Waals surface area contributed by atoms with E-state index < -0.39 is 11.7 Å². The van der Waals surface area contributed by atoms with Gasteiger partial charge in [-0.05, 0) is 48.6 Å². The van der Waals surface area contributed by atoms with Crippen molar-refractivity contribution in [3.8, 4) is 0 Å². The largest absolute Gasteiger partial charge is 0.361 e. The number of benzene rings is 3. The first-order valence-corrected chi connectivity index (χ1v) is 12.0. The fourth-order valence-electron chi connectivity index (χ4n) is 4.48. The monoisotopic (exact) mass is 469 g/mol. The number of amides is 2. The van der Waals surface area contributed by atoms with Gasteiger partial charge >= 0.3 is 0 Å². The van der Waals surface area contributed by atoms with Crippen molar-refractivity contribution in [1.82, 2.24) is 14.8 Å². The number of halogens is 1. The number of hydrogen-bond donors (Lipinski definition) is 1. The summed E-state index contributed by atoms with van der Waals surface area (Å²) in [7, 11) is 0. The van der Waals surface area contributed by atoms with Crippen LogP contribution in [0, 0.1) is 5.82 Å². The van der Waals surface area contributed by atoms with Crippen molar-refractivity contribution in [2.24, 2.45) is 0 Å². The van der Waals surface area contributed by atoms with E-state index in [-0.39, 0.29) is 24.1 Å². The minimum Gasteiger partial charge on any atom is -0.361 e.